The summed E-state index contributed by atoms with van der Waals surface area (Å²) in [5.41, 5.74) is 7.35. The lowest BCUT2D eigenvalue weighted by atomic mass is 9.99. The van der Waals surface area contributed by atoms with Crippen LogP contribution in [-0.4, -0.2) is 29.1 Å². The highest BCUT2D eigenvalue weighted by atomic mass is 79.9. The van der Waals surface area contributed by atoms with Gasteiger partial charge in [0, 0.05) is 15.6 Å². The van der Waals surface area contributed by atoms with Gasteiger partial charge >= 0.3 is 6.09 Å². The molecule has 0 aromatic heterocycles. The molecule has 0 aliphatic heterocycles. The van der Waals surface area contributed by atoms with Crippen molar-refractivity contribution in [3.05, 3.63) is 129 Å². The van der Waals surface area contributed by atoms with Gasteiger partial charge < -0.3 is 25.6 Å². The van der Waals surface area contributed by atoms with E-state index in [1.54, 1.807) is 97.1 Å². The van der Waals surface area contributed by atoms with Crippen LogP contribution < -0.4 is 21.1 Å². The van der Waals surface area contributed by atoms with Crippen molar-refractivity contribution in [1.29, 1.82) is 0 Å². The fraction of sp³-hybridized carbons (Fsp3) is 0.121. The van der Waals surface area contributed by atoms with Crippen LogP contribution in [0.15, 0.2) is 118 Å². The Morgan fingerprint density at radius 2 is 1.57 bits per heavy atom. The number of para-hydroxylation sites is 3. The second kappa shape index (κ2) is 15.7. The van der Waals surface area contributed by atoms with E-state index in [4.69, 9.17) is 15.2 Å². The summed E-state index contributed by atoms with van der Waals surface area (Å²) >= 11 is 6.76. The smallest absolute Gasteiger partial charge is 0.414 e. The molecule has 0 saturated heterocycles. The van der Waals surface area contributed by atoms with Gasteiger partial charge in [0.15, 0.2) is 6.10 Å². The number of rotatable bonds is 11. The van der Waals surface area contributed by atoms with Crippen molar-refractivity contribution >= 4 is 61.1 Å². The number of ether oxygens (including phenoxy) is 2. The second-order valence-corrected chi connectivity index (χ2v) is 11.3. The number of nitrogens with two attached hydrogens (primary N) is 1. The maximum atomic E-state index is 13.1. The number of carbonyl (C=O) groups excluding carboxylic acids is 3. The molecule has 11 heteroatoms. The van der Waals surface area contributed by atoms with E-state index in [-0.39, 0.29) is 29.2 Å². The van der Waals surface area contributed by atoms with Crippen LogP contribution in [0.4, 0.5) is 16.2 Å². The standard InChI is InChI=1S/C33H29Br2N3O6/c34-22-19-24(30(40)25(35)20-22)31(44-33(42)38-32(41)21-11-3-1-4-12-21)28(43-23-13-5-2-6-14-23)17-9-10-18-29(39)37-27-16-8-7-15-26(27)36/h1-8,10-16,18-20,28,31,40H,9,17,36H2,(H,37,39)(H,38,41,42)/b18-10+/t28-,31-/m1/s1. The number of hydrogen-bond donors (Lipinski definition) is 4. The van der Waals surface area contributed by atoms with Gasteiger partial charge in [0.05, 0.1) is 15.8 Å². The fourth-order valence-corrected chi connectivity index (χ4v) is 5.48. The van der Waals surface area contributed by atoms with Crippen molar-refractivity contribution in [2.45, 2.75) is 25.0 Å². The molecule has 0 spiro atoms. The van der Waals surface area contributed by atoms with Crippen LogP contribution in [0.2, 0.25) is 0 Å². The zero-order valence-electron chi connectivity index (χ0n) is 23.3. The van der Waals surface area contributed by atoms with E-state index in [0.717, 1.165) is 0 Å². The fourth-order valence-electron chi connectivity index (χ4n) is 4.22. The number of phenols is 1. The third-order valence-corrected chi connectivity index (χ3v) is 7.39. The van der Waals surface area contributed by atoms with E-state index in [2.05, 4.69) is 42.5 Å². The van der Waals surface area contributed by atoms with Gasteiger partial charge in [-0.15, -0.1) is 0 Å². The van der Waals surface area contributed by atoms with Crippen molar-refractivity contribution < 1.29 is 29.0 Å². The van der Waals surface area contributed by atoms with Crippen LogP contribution in [0.1, 0.15) is 34.9 Å². The topological polar surface area (TPSA) is 140 Å². The summed E-state index contributed by atoms with van der Waals surface area (Å²) in [5, 5.41) is 16.0. The lowest BCUT2D eigenvalue weighted by Gasteiger charge is -2.29. The average Bonchev–Trinajstić information content (AvgIpc) is 3.01. The van der Waals surface area contributed by atoms with Crippen LogP contribution in [0.5, 0.6) is 11.5 Å². The van der Waals surface area contributed by atoms with Gasteiger partial charge in [0.2, 0.25) is 5.91 Å². The minimum Gasteiger partial charge on any atom is -0.506 e. The zero-order valence-corrected chi connectivity index (χ0v) is 26.5. The maximum Gasteiger partial charge on any atom is 0.414 e. The van der Waals surface area contributed by atoms with Crippen molar-refractivity contribution in [3.8, 4) is 11.5 Å². The predicted molar refractivity (Wildman–Crippen MR) is 175 cm³/mol. The average molecular weight is 723 g/mol. The van der Waals surface area contributed by atoms with Gasteiger partial charge in [-0.3, -0.25) is 14.9 Å². The molecule has 0 radical (unpaired) electrons. The Labute approximate surface area is 271 Å². The minimum absolute atomic E-state index is 0.169. The van der Waals surface area contributed by atoms with Crippen molar-refractivity contribution in [3.63, 3.8) is 0 Å². The molecule has 0 aliphatic rings. The zero-order chi connectivity index (χ0) is 31.5. The highest BCUT2D eigenvalue weighted by Crippen LogP contribution is 2.40. The van der Waals surface area contributed by atoms with Crippen molar-refractivity contribution in [2.24, 2.45) is 0 Å². The van der Waals surface area contributed by atoms with E-state index in [0.29, 0.717) is 32.5 Å². The highest BCUT2D eigenvalue weighted by molar-refractivity contribution is 9.11. The molecule has 0 aliphatic carbocycles. The summed E-state index contributed by atoms with van der Waals surface area (Å²) in [5.74, 6) is -0.703. The molecule has 4 rings (SSSR count). The normalized spacial score (nSPS) is 12.2. The Kier molecular flexibility index (Phi) is 11.6. The van der Waals surface area contributed by atoms with Crippen LogP contribution in [0.3, 0.4) is 0 Å². The van der Waals surface area contributed by atoms with E-state index in [1.165, 1.54) is 6.08 Å². The third kappa shape index (κ3) is 9.19. The number of nitrogen functional groups attached to an aromatic ring is 1. The largest absolute Gasteiger partial charge is 0.506 e. The number of carbonyl (C=O) groups is 3. The van der Waals surface area contributed by atoms with Gasteiger partial charge in [-0.05, 0) is 83.4 Å². The van der Waals surface area contributed by atoms with Crippen molar-refractivity contribution in [2.75, 3.05) is 11.1 Å². The molecule has 0 saturated carbocycles. The van der Waals surface area contributed by atoms with E-state index < -0.39 is 24.2 Å². The molecule has 0 fully saturated rings. The third-order valence-electron chi connectivity index (χ3n) is 6.32. The first-order chi connectivity index (χ1) is 21.2. The summed E-state index contributed by atoms with van der Waals surface area (Å²) in [7, 11) is 0. The van der Waals surface area contributed by atoms with E-state index in [1.807, 2.05) is 6.07 Å². The molecule has 0 bridgehead atoms. The lowest BCUT2D eigenvalue weighted by Crippen LogP contribution is -2.36. The Bertz CT molecular complexity index is 1630. The number of nitrogens with one attached hydrogen (secondary N) is 2. The maximum absolute atomic E-state index is 13.1. The second-order valence-electron chi connectivity index (χ2n) is 9.50. The molecule has 5 N–H and O–H groups in total. The number of halogens is 2. The van der Waals surface area contributed by atoms with Gasteiger partial charge in [-0.2, -0.15) is 0 Å². The summed E-state index contributed by atoms with van der Waals surface area (Å²) < 4.78 is 13.1. The molecule has 0 unspecified atom stereocenters. The number of benzene rings is 4. The van der Waals surface area contributed by atoms with Gasteiger partial charge in [0.25, 0.3) is 5.91 Å². The van der Waals surface area contributed by atoms with Crippen LogP contribution in [-0.2, 0) is 9.53 Å². The number of anilines is 2. The molecule has 0 heterocycles. The molecule has 4 aromatic carbocycles. The summed E-state index contributed by atoms with van der Waals surface area (Å²) in [6.07, 6.45) is 0.536. The van der Waals surface area contributed by atoms with Crippen molar-refractivity contribution in [1.82, 2.24) is 5.32 Å². The summed E-state index contributed by atoms with van der Waals surface area (Å²) in [6.45, 7) is 0. The number of alkyl carbamates (subject to hydrolysis) is 1. The quantitative estimate of drug-likeness (QED) is 0.0927. The first-order valence-electron chi connectivity index (χ1n) is 13.5. The first-order valence-corrected chi connectivity index (χ1v) is 15.1. The summed E-state index contributed by atoms with van der Waals surface area (Å²) in [4.78, 5) is 38.3. The first kappa shape index (κ1) is 32.3. The molecule has 4 aromatic rings. The minimum atomic E-state index is -1.18. The van der Waals surface area contributed by atoms with Gasteiger partial charge in [-0.25, -0.2) is 4.79 Å². The van der Waals surface area contributed by atoms with Gasteiger partial charge in [0.1, 0.15) is 17.6 Å². The molecular formula is C33H29Br2N3O6. The SMILES string of the molecule is Nc1ccccc1NC(=O)/C=C/CC[C@@H](Oc1ccccc1)[C@H](OC(=O)NC(=O)c1ccccc1)c1cc(Br)cc(Br)c1O. The van der Waals surface area contributed by atoms with E-state index >= 15 is 0 Å². The number of imide groups is 1. The number of phenolic OH excluding ortho intramolecular Hbond substituents is 1. The lowest BCUT2D eigenvalue weighted by molar-refractivity contribution is -0.111. The Morgan fingerprint density at radius 1 is 0.909 bits per heavy atom. The van der Waals surface area contributed by atoms with Crippen LogP contribution in [0, 0.1) is 0 Å². The molecule has 44 heavy (non-hydrogen) atoms. The monoisotopic (exact) mass is 721 g/mol. The predicted octanol–water partition coefficient (Wildman–Crippen LogP) is 7.53. The Morgan fingerprint density at radius 3 is 2.27 bits per heavy atom. The number of aromatic hydroxyl groups is 1. The summed E-state index contributed by atoms with van der Waals surface area (Å²) in [6, 6.07) is 27.3. The Balaban J connectivity index is 1.59. The molecule has 226 valence electrons. The molecule has 2 atom stereocenters. The molecule has 3 amide bonds. The van der Waals surface area contributed by atoms with Gasteiger partial charge in [-0.1, -0.05) is 70.5 Å². The number of allylic oxidation sites excluding steroid dienone is 1. The highest BCUT2D eigenvalue weighted by Gasteiger charge is 2.32. The number of hydrogen-bond acceptors (Lipinski definition) is 7. The van der Waals surface area contributed by atoms with Crippen LogP contribution >= 0.6 is 31.9 Å². The molecule has 9 nitrogen and oxygen atoms in total. The van der Waals surface area contributed by atoms with E-state index in [9.17, 15) is 19.5 Å². The van der Waals surface area contributed by atoms with Crippen LogP contribution in [0.25, 0.3) is 0 Å². The molecular weight excluding hydrogens is 694 g/mol. The number of amides is 3. The Hall–Kier alpha value is -4.61.